The van der Waals surface area contributed by atoms with E-state index >= 15 is 0 Å². The second kappa shape index (κ2) is 23.3. The van der Waals surface area contributed by atoms with Gasteiger partial charge in [-0.1, -0.05) is 60.7 Å². The molecule has 4 aromatic carbocycles. The Labute approximate surface area is 353 Å². The predicted octanol–water partition coefficient (Wildman–Crippen LogP) is 7.34. The number of thiazole rings is 2. The van der Waals surface area contributed by atoms with Crippen LogP contribution in [0.4, 0.5) is 33.0 Å². The Kier molecular flexibility index (Phi) is 18.4. The number of likely N-dealkylation sites (N-methyl/N-ethyl adjacent to an activating group) is 2. The molecule has 0 unspecified atom stereocenters. The minimum Gasteiger partial charge on any atom is -0.748 e. The summed E-state index contributed by atoms with van der Waals surface area (Å²) in [5, 5.41) is 23.0. The van der Waals surface area contributed by atoms with Crippen LogP contribution in [0.5, 0.6) is 0 Å². The molecule has 0 atom stereocenters. The maximum atomic E-state index is 10.2. The molecule has 0 amide bonds. The molecule has 0 aliphatic rings. The van der Waals surface area contributed by atoms with Crippen molar-refractivity contribution in [3.05, 3.63) is 143 Å². The summed E-state index contributed by atoms with van der Waals surface area (Å²) in [6, 6.07) is 32.9. The summed E-state index contributed by atoms with van der Waals surface area (Å²) in [5.41, 5.74) is 4.96. The first kappa shape index (κ1) is 46.4. The smallest absolute Gasteiger partial charge is 0.408 e. The molecule has 2 heterocycles. The second-order valence-corrected chi connectivity index (χ2v) is 17.4. The molecule has 59 heavy (non-hydrogen) atoms. The molecule has 15 nitrogen and oxygen atoms in total. The average Bonchev–Trinajstić information content (AvgIpc) is 3.82. The number of ether oxygens (including phenoxy) is 1. The maximum absolute atomic E-state index is 10.2. The molecule has 0 N–H and O–H groups in total. The van der Waals surface area contributed by atoms with E-state index in [9.17, 15) is 25.9 Å². The lowest BCUT2D eigenvalue weighted by atomic mass is 10.2. The molecule has 0 bridgehead atoms. The third-order valence-electron chi connectivity index (χ3n) is 8.12. The molecule has 0 aliphatic heterocycles. The Hall–Kier alpha value is -5.28. The van der Waals surface area contributed by atoms with Crippen molar-refractivity contribution in [2.24, 2.45) is 34.6 Å². The number of hydrogen-bond donors (Lipinski definition) is 0. The van der Waals surface area contributed by atoms with Crippen molar-refractivity contribution >= 4 is 75.9 Å². The lowest BCUT2D eigenvalue weighted by molar-refractivity contribution is -0.654. The van der Waals surface area contributed by atoms with Gasteiger partial charge in [0.25, 0.3) is 0 Å². The van der Waals surface area contributed by atoms with Gasteiger partial charge in [-0.05, 0) is 92.6 Å². The Morgan fingerprint density at radius 2 is 0.915 bits per heavy atom. The van der Waals surface area contributed by atoms with E-state index in [2.05, 4.69) is 68.6 Å². The fourth-order valence-corrected chi connectivity index (χ4v) is 7.48. The maximum Gasteiger partial charge on any atom is 0.408 e. The summed E-state index contributed by atoms with van der Waals surface area (Å²) in [4.78, 5) is 4.35. The van der Waals surface area contributed by atoms with Gasteiger partial charge in [-0.15, -0.1) is 0 Å². The fraction of sp³-hybridized carbons (Fsp3) is 0.250. The predicted molar refractivity (Wildman–Crippen MR) is 229 cm³/mol. The molecule has 0 fully saturated rings. The molecule has 0 radical (unpaired) electrons. The highest BCUT2D eigenvalue weighted by Gasteiger charge is 2.09. The molecule has 0 spiro atoms. The zero-order valence-electron chi connectivity index (χ0n) is 33.0. The first-order chi connectivity index (χ1) is 28.1. The number of aromatic nitrogens is 2. The molecule has 0 saturated heterocycles. The van der Waals surface area contributed by atoms with Gasteiger partial charge in [-0.25, -0.2) is 26.0 Å². The number of hydrogen-bond acceptors (Lipinski definition) is 15. The zero-order valence-corrected chi connectivity index (χ0v) is 36.3. The van der Waals surface area contributed by atoms with E-state index in [1.807, 2.05) is 70.6 Å². The highest BCUT2D eigenvalue weighted by Crippen LogP contribution is 2.23. The van der Waals surface area contributed by atoms with Crippen LogP contribution in [0.25, 0.3) is 0 Å². The fourth-order valence-electron chi connectivity index (χ4n) is 4.92. The van der Waals surface area contributed by atoms with E-state index in [0.29, 0.717) is 24.3 Å². The van der Waals surface area contributed by atoms with Crippen LogP contribution in [0, 0.1) is 0 Å². The average molecular weight is 879 g/mol. The number of rotatable bonds is 16. The van der Waals surface area contributed by atoms with E-state index in [0.717, 1.165) is 46.1 Å². The summed E-state index contributed by atoms with van der Waals surface area (Å²) in [6.07, 6.45) is 3.94. The van der Waals surface area contributed by atoms with Gasteiger partial charge >= 0.3 is 10.3 Å². The molecule has 6 rings (SSSR count). The Balaban J connectivity index is 0.000000282. The van der Waals surface area contributed by atoms with Gasteiger partial charge in [0.1, 0.15) is 23.8 Å². The first-order valence-corrected chi connectivity index (χ1v) is 22.9. The third kappa shape index (κ3) is 18.0. The minimum absolute atomic E-state index is 0.423. The van der Waals surface area contributed by atoms with E-state index in [1.54, 1.807) is 83.3 Å². The first-order valence-electron chi connectivity index (χ1n) is 18.0. The summed E-state index contributed by atoms with van der Waals surface area (Å²) < 4.78 is 71.3. The van der Waals surface area contributed by atoms with Crippen molar-refractivity contribution in [2.45, 2.75) is 11.5 Å². The normalized spacial score (nSPS) is 11.5. The molecule has 0 aliphatic carbocycles. The van der Waals surface area contributed by atoms with Gasteiger partial charge in [0.2, 0.25) is 0 Å². The van der Waals surface area contributed by atoms with Crippen LogP contribution in [-0.4, -0.2) is 66.3 Å². The highest BCUT2D eigenvalue weighted by molar-refractivity contribution is 7.85. The quantitative estimate of drug-likeness (QED) is 0.0415. The number of aryl methyl sites for hydroxylation is 2. The number of anilines is 2. The number of nitrogens with zero attached hydrogens (tertiary/aromatic N) is 8. The van der Waals surface area contributed by atoms with E-state index in [-0.39, 0.29) is 0 Å². The Bertz CT molecular complexity index is 2260. The zero-order chi connectivity index (χ0) is 42.7. The van der Waals surface area contributed by atoms with Crippen LogP contribution < -0.4 is 18.9 Å². The monoisotopic (exact) mass is 878 g/mol. The topological polar surface area (TPSA) is 187 Å². The molecular weight excluding hydrogens is 833 g/mol. The van der Waals surface area contributed by atoms with Gasteiger partial charge < -0.3 is 23.6 Å². The summed E-state index contributed by atoms with van der Waals surface area (Å²) >= 11 is 3.12. The minimum atomic E-state index is -4.13. The van der Waals surface area contributed by atoms with Gasteiger partial charge in [0, 0.05) is 49.3 Å². The highest BCUT2D eigenvalue weighted by atomic mass is 32.2. The largest absolute Gasteiger partial charge is 0.748 e. The Morgan fingerprint density at radius 1 is 0.559 bits per heavy atom. The van der Waals surface area contributed by atoms with Gasteiger partial charge in [0.05, 0.1) is 69.3 Å². The van der Waals surface area contributed by atoms with E-state index in [4.69, 9.17) is 4.74 Å². The lowest BCUT2D eigenvalue weighted by Gasteiger charge is -2.21. The molecule has 312 valence electrons. The van der Waals surface area contributed by atoms with Crippen LogP contribution in [0.2, 0.25) is 0 Å². The van der Waals surface area contributed by atoms with Crippen molar-refractivity contribution in [2.75, 3.05) is 50.2 Å². The second-order valence-electron chi connectivity index (χ2n) is 12.9. The number of azo groups is 2. The van der Waals surface area contributed by atoms with Crippen LogP contribution in [-0.2, 0) is 50.6 Å². The van der Waals surface area contributed by atoms with Crippen LogP contribution in [0.3, 0.4) is 0 Å². The number of benzene rings is 4. The van der Waals surface area contributed by atoms with Crippen molar-refractivity contribution in [3.8, 4) is 0 Å². The molecule has 19 heteroatoms. The molecule has 2 aromatic heterocycles. The summed E-state index contributed by atoms with van der Waals surface area (Å²) in [6.45, 7) is 2.91. The van der Waals surface area contributed by atoms with Crippen molar-refractivity contribution in [3.63, 3.8) is 0 Å². The third-order valence-corrected chi connectivity index (χ3v) is 11.2. The summed E-state index contributed by atoms with van der Waals surface area (Å²) in [5.74, 6) is -0.846. The van der Waals surface area contributed by atoms with Crippen molar-refractivity contribution in [1.82, 2.24) is 0 Å². The van der Waals surface area contributed by atoms with Gasteiger partial charge in [-0.3, -0.25) is 0 Å². The molecule has 6 aromatic rings. The van der Waals surface area contributed by atoms with Gasteiger partial charge in [-0.2, -0.15) is 0 Å². The SMILES string of the molecule is CN(CCOCCN(C)c1ccc(N=Nc2scc[n+]2C)cc1)c1ccc(N=Nc2scc[n+]2C)cc1.O=S(=O)([O-])Cc1ccccc1.O=S(=O)([O-])Cc1ccccc1. The van der Waals surface area contributed by atoms with Crippen LogP contribution in [0.15, 0.2) is 153 Å². The van der Waals surface area contributed by atoms with Crippen LogP contribution in [0.1, 0.15) is 11.1 Å². The van der Waals surface area contributed by atoms with E-state index in [1.165, 1.54) is 0 Å². The van der Waals surface area contributed by atoms with Gasteiger partial charge in [0.15, 0.2) is 0 Å². The summed E-state index contributed by atoms with van der Waals surface area (Å²) in [7, 11) is -0.205. The van der Waals surface area contributed by atoms with E-state index < -0.39 is 31.7 Å². The van der Waals surface area contributed by atoms with Crippen LogP contribution >= 0.6 is 22.7 Å². The Morgan fingerprint density at radius 3 is 1.22 bits per heavy atom. The lowest BCUT2D eigenvalue weighted by Crippen LogP contribution is -2.26. The molecule has 0 saturated carbocycles. The van der Waals surface area contributed by atoms with Crippen molar-refractivity contribution < 1.29 is 39.8 Å². The standard InChI is InChI=1S/C26H32N8OS2.2C7H8O3S/c1-31(23-9-5-21(6-10-23)27-29-25-33(3)15-19-36-25)13-17-35-18-14-32(2)24-11-7-22(8-12-24)28-30-26-34(4)16-20-37-26;2*8-11(9,10)6-7-4-2-1-3-5-7/h5-12,15-16,19-20H,13-14,17-18H2,1-4H3;2*1-5H,6H2,(H,8,9,10)/q+2;;/p-2. The molecular formula is C40H46N8O7S4. The van der Waals surface area contributed by atoms with Crippen molar-refractivity contribution in [1.29, 1.82) is 0 Å².